The maximum absolute atomic E-state index is 12.0. The van der Waals surface area contributed by atoms with Crippen molar-refractivity contribution in [3.63, 3.8) is 0 Å². The van der Waals surface area contributed by atoms with Gasteiger partial charge in [0.1, 0.15) is 6.10 Å². The average Bonchev–Trinajstić information content (AvgIpc) is 2.36. The van der Waals surface area contributed by atoms with E-state index in [0.717, 1.165) is 5.56 Å². The van der Waals surface area contributed by atoms with Crippen LogP contribution in [0.1, 0.15) is 5.56 Å². The lowest BCUT2D eigenvalue weighted by atomic mass is 10.2. The lowest BCUT2D eigenvalue weighted by molar-refractivity contribution is -0.000451. The third-order valence-electron chi connectivity index (χ3n) is 2.16. The summed E-state index contributed by atoms with van der Waals surface area (Å²) in [4.78, 5) is -0.0336. The van der Waals surface area contributed by atoms with Gasteiger partial charge < -0.3 is 5.11 Å². The van der Waals surface area contributed by atoms with Gasteiger partial charge in [-0.15, -0.1) is 0 Å². The number of alkyl halides is 3. The van der Waals surface area contributed by atoms with Crippen LogP contribution in [0.2, 0.25) is 0 Å². The molecule has 0 amide bonds. The number of hydrogen-bond acceptors (Lipinski definition) is 3. The number of aliphatic hydroxyl groups is 1. The van der Waals surface area contributed by atoms with Gasteiger partial charge in [0.15, 0.2) is 0 Å². The lowest BCUT2D eigenvalue weighted by Crippen LogP contribution is -2.35. The Balaban J connectivity index is 2.73. The minimum absolute atomic E-state index is 0.0336. The van der Waals surface area contributed by atoms with Crippen LogP contribution in [0.25, 0.3) is 0 Å². The van der Waals surface area contributed by atoms with Crippen LogP contribution in [0, 0.1) is 0 Å². The first-order chi connectivity index (χ1) is 8.36. The van der Waals surface area contributed by atoms with Gasteiger partial charge in [-0.25, -0.2) is 21.9 Å². The highest BCUT2D eigenvalue weighted by Gasteiger charge is 2.21. The Morgan fingerprint density at radius 2 is 1.83 bits per heavy atom. The second-order valence-electron chi connectivity index (χ2n) is 3.53. The van der Waals surface area contributed by atoms with Crippen LogP contribution in [0.5, 0.6) is 0 Å². The van der Waals surface area contributed by atoms with Crippen LogP contribution in [0.15, 0.2) is 29.2 Å². The van der Waals surface area contributed by atoms with E-state index in [1.54, 1.807) is 12.1 Å². The Morgan fingerprint density at radius 1 is 1.28 bits per heavy atom. The van der Waals surface area contributed by atoms with Crippen molar-refractivity contribution in [2.24, 2.45) is 0 Å². The van der Waals surface area contributed by atoms with Gasteiger partial charge in [-0.3, -0.25) is 0 Å². The molecule has 1 atom stereocenters. The predicted molar refractivity (Wildman–Crippen MR) is 66.3 cm³/mol. The molecule has 0 aromatic heterocycles. The monoisotopic (exact) mass is 343 g/mol. The summed E-state index contributed by atoms with van der Waals surface area (Å²) in [6, 6.07) is 5.95. The van der Waals surface area contributed by atoms with Crippen molar-refractivity contribution in [1.29, 1.82) is 0 Å². The molecular weight excluding hydrogens is 332 g/mol. The number of benzene rings is 1. The summed E-state index contributed by atoms with van der Waals surface area (Å²) in [5, 5.41) is 9.42. The van der Waals surface area contributed by atoms with Gasteiger partial charge in [-0.1, -0.05) is 28.1 Å². The molecule has 0 saturated carbocycles. The first-order valence-electron chi connectivity index (χ1n) is 4.97. The fourth-order valence-corrected chi connectivity index (χ4v) is 2.55. The summed E-state index contributed by atoms with van der Waals surface area (Å²) in [5.41, 5.74) is 0.890. The molecule has 1 aromatic rings. The van der Waals surface area contributed by atoms with Gasteiger partial charge in [0.2, 0.25) is 10.0 Å². The molecule has 0 aliphatic carbocycles. The quantitative estimate of drug-likeness (QED) is 0.769. The van der Waals surface area contributed by atoms with Crippen molar-refractivity contribution in [3.8, 4) is 0 Å². The summed E-state index contributed by atoms with van der Waals surface area (Å²) in [6.07, 6.45) is -5.00. The molecule has 0 spiro atoms. The summed E-state index contributed by atoms with van der Waals surface area (Å²) in [6.45, 7) is -0.722. The van der Waals surface area contributed by atoms with Crippen molar-refractivity contribution in [2.75, 3.05) is 6.54 Å². The summed E-state index contributed by atoms with van der Waals surface area (Å²) < 4.78 is 49.3. The highest BCUT2D eigenvalue weighted by Crippen LogP contribution is 2.12. The van der Waals surface area contributed by atoms with E-state index in [0.29, 0.717) is 5.33 Å². The number of aliphatic hydroxyl groups excluding tert-OH is 1. The Bertz CT molecular complexity index is 478. The van der Waals surface area contributed by atoms with Gasteiger partial charge in [-0.05, 0) is 17.7 Å². The molecule has 4 nitrogen and oxygen atoms in total. The van der Waals surface area contributed by atoms with E-state index in [1.807, 2.05) is 4.72 Å². The second kappa shape index (κ2) is 6.55. The molecule has 8 heteroatoms. The molecule has 0 heterocycles. The maximum atomic E-state index is 12.0. The minimum atomic E-state index is -3.87. The minimum Gasteiger partial charge on any atom is -0.386 e. The highest BCUT2D eigenvalue weighted by atomic mass is 79.9. The molecule has 102 valence electrons. The largest absolute Gasteiger partial charge is 0.386 e. The zero-order chi connectivity index (χ0) is 13.8. The molecule has 0 aliphatic heterocycles. The maximum Gasteiger partial charge on any atom is 0.265 e. The summed E-state index contributed by atoms with van der Waals surface area (Å²) >= 11 is 3.22. The Labute approximate surface area is 112 Å². The van der Waals surface area contributed by atoms with Gasteiger partial charge in [0, 0.05) is 11.9 Å². The third-order valence-corrected chi connectivity index (χ3v) is 4.25. The molecule has 18 heavy (non-hydrogen) atoms. The van der Waals surface area contributed by atoms with E-state index in [4.69, 9.17) is 5.11 Å². The van der Waals surface area contributed by atoms with Crippen LogP contribution in [-0.2, 0) is 15.4 Å². The van der Waals surface area contributed by atoms with Crippen LogP contribution >= 0.6 is 15.9 Å². The normalized spacial score (nSPS) is 13.8. The molecule has 0 saturated heterocycles. The van der Waals surface area contributed by atoms with Crippen LogP contribution < -0.4 is 4.72 Å². The van der Waals surface area contributed by atoms with Crippen molar-refractivity contribution in [2.45, 2.75) is 22.8 Å². The van der Waals surface area contributed by atoms with Gasteiger partial charge in [0.25, 0.3) is 6.43 Å². The Hall–Kier alpha value is -0.570. The standard InChI is InChI=1S/C10H12BrF2NO3S/c11-5-7-1-3-8(4-2-7)18(16,17)14-6-9(15)10(12)13/h1-4,9-10,14-15H,5-6H2. The zero-order valence-electron chi connectivity index (χ0n) is 9.18. The van der Waals surface area contributed by atoms with E-state index in [1.165, 1.54) is 12.1 Å². The van der Waals surface area contributed by atoms with Crippen LogP contribution in [0.4, 0.5) is 8.78 Å². The van der Waals surface area contributed by atoms with Crippen molar-refractivity contribution in [1.82, 2.24) is 4.72 Å². The molecule has 0 aliphatic rings. The van der Waals surface area contributed by atoms with E-state index in [-0.39, 0.29) is 4.90 Å². The molecule has 0 fully saturated rings. The van der Waals surface area contributed by atoms with E-state index in [2.05, 4.69) is 15.9 Å². The van der Waals surface area contributed by atoms with E-state index in [9.17, 15) is 17.2 Å². The van der Waals surface area contributed by atoms with E-state index < -0.39 is 29.1 Å². The first kappa shape index (κ1) is 15.5. The molecule has 1 aromatic carbocycles. The summed E-state index contributed by atoms with van der Waals surface area (Å²) in [7, 11) is -3.87. The van der Waals surface area contributed by atoms with E-state index >= 15 is 0 Å². The molecule has 1 rings (SSSR count). The number of sulfonamides is 1. The molecular formula is C10H12BrF2NO3S. The molecule has 2 N–H and O–H groups in total. The fraction of sp³-hybridized carbons (Fsp3) is 0.400. The lowest BCUT2D eigenvalue weighted by Gasteiger charge is -2.11. The molecule has 0 radical (unpaired) electrons. The SMILES string of the molecule is O=S(=O)(NCC(O)C(F)F)c1ccc(CBr)cc1. The Morgan fingerprint density at radius 3 is 2.28 bits per heavy atom. The predicted octanol–water partition coefficient (Wildman–Crippen LogP) is 1.49. The number of halogens is 3. The fourth-order valence-electron chi connectivity index (χ4n) is 1.13. The third kappa shape index (κ3) is 4.27. The van der Waals surface area contributed by atoms with Crippen molar-refractivity contribution >= 4 is 26.0 Å². The number of rotatable bonds is 6. The number of hydrogen-bond donors (Lipinski definition) is 2. The van der Waals surface area contributed by atoms with Gasteiger partial charge >= 0.3 is 0 Å². The number of nitrogens with one attached hydrogen (secondary N) is 1. The molecule has 1 unspecified atom stereocenters. The zero-order valence-corrected chi connectivity index (χ0v) is 11.6. The second-order valence-corrected chi connectivity index (χ2v) is 5.86. The smallest absolute Gasteiger partial charge is 0.265 e. The van der Waals surface area contributed by atoms with Crippen LogP contribution in [-0.4, -0.2) is 32.6 Å². The molecule has 0 bridgehead atoms. The van der Waals surface area contributed by atoms with Gasteiger partial charge in [0.05, 0.1) is 4.90 Å². The Kier molecular flexibility index (Phi) is 5.64. The topological polar surface area (TPSA) is 66.4 Å². The van der Waals surface area contributed by atoms with Crippen LogP contribution in [0.3, 0.4) is 0 Å². The summed E-state index contributed by atoms with van der Waals surface area (Å²) in [5.74, 6) is 0. The van der Waals surface area contributed by atoms with Gasteiger partial charge in [-0.2, -0.15) is 0 Å². The average molecular weight is 344 g/mol. The first-order valence-corrected chi connectivity index (χ1v) is 7.58. The van der Waals surface area contributed by atoms with Crippen molar-refractivity contribution < 1.29 is 22.3 Å². The van der Waals surface area contributed by atoms with Crippen molar-refractivity contribution in [3.05, 3.63) is 29.8 Å². The highest BCUT2D eigenvalue weighted by molar-refractivity contribution is 9.08.